The summed E-state index contributed by atoms with van der Waals surface area (Å²) in [5.41, 5.74) is 4.85. The fourth-order valence-corrected chi connectivity index (χ4v) is 0.791. The van der Waals surface area contributed by atoms with E-state index in [4.69, 9.17) is 15.2 Å². The number of carbonyl (C=O) groups is 1. The predicted octanol–water partition coefficient (Wildman–Crippen LogP) is 1.19. The molecular formula is C11H23NO3. The molecule has 0 saturated heterocycles. The van der Waals surface area contributed by atoms with Gasteiger partial charge >= 0.3 is 5.97 Å². The van der Waals surface area contributed by atoms with Gasteiger partial charge in [0.1, 0.15) is 6.61 Å². The van der Waals surface area contributed by atoms with Gasteiger partial charge in [-0.2, -0.15) is 0 Å². The maximum atomic E-state index is 11.4. The van der Waals surface area contributed by atoms with Crippen LogP contribution in [0.1, 0.15) is 27.7 Å². The summed E-state index contributed by atoms with van der Waals surface area (Å²) < 4.78 is 10.3. The Labute approximate surface area is 92.1 Å². The number of nitrogens with two attached hydrogens (primary N) is 1. The van der Waals surface area contributed by atoms with Crippen molar-refractivity contribution in [3.05, 3.63) is 0 Å². The van der Waals surface area contributed by atoms with Gasteiger partial charge in [0.15, 0.2) is 0 Å². The minimum Gasteiger partial charge on any atom is -0.463 e. The molecule has 0 fully saturated rings. The van der Waals surface area contributed by atoms with Crippen LogP contribution in [0.15, 0.2) is 0 Å². The van der Waals surface area contributed by atoms with Crippen LogP contribution < -0.4 is 5.73 Å². The number of hydrogen-bond donors (Lipinski definition) is 1. The van der Waals surface area contributed by atoms with Gasteiger partial charge in [0.25, 0.3) is 0 Å². The molecule has 0 radical (unpaired) electrons. The Morgan fingerprint density at radius 1 is 1.33 bits per heavy atom. The van der Waals surface area contributed by atoms with Gasteiger partial charge in [0.2, 0.25) is 0 Å². The first-order chi connectivity index (χ1) is 6.90. The number of rotatable bonds is 7. The van der Waals surface area contributed by atoms with Crippen LogP contribution in [-0.4, -0.2) is 32.3 Å². The molecule has 0 aliphatic carbocycles. The third-order valence-corrected chi connectivity index (χ3v) is 1.97. The smallest absolute Gasteiger partial charge is 0.312 e. The number of ether oxygens (including phenoxy) is 2. The Hall–Kier alpha value is -0.610. The van der Waals surface area contributed by atoms with Crippen LogP contribution in [0, 0.1) is 11.3 Å². The molecule has 0 aromatic rings. The van der Waals surface area contributed by atoms with Crippen LogP contribution >= 0.6 is 0 Å². The fraction of sp³-hybridized carbons (Fsp3) is 0.909. The van der Waals surface area contributed by atoms with Crippen LogP contribution in [0.2, 0.25) is 0 Å². The first kappa shape index (κ1) is 14.4. The van der Waals surface area contributed by atoms with Crippen molar-refractivity contribution in [1.29, 1.82) is 0 Å². The third kappa shape index (κ3) is 6.47. The first-order valence-electron chi connectivity index (χ1n) is 5.35. The summed E-state index contributed by atoms with van der Waals surface area (Å²) in [4.78, 5) is 11.4. The zero-order chi connectivity index (χ0) is 11.9. The van der Waals surface area contributed by atoms with Crippen molar-refractivity contribution >= 4 is 5.97 Å². The summed E-state index contributed by atoms with van der Waals surface area (Å²) in [6.45, 7) is 9.41. The molecule has 0 saturated carbocycles. The maximum Gasteiger partial charge on any atom is 0.312 e. The van der Waals surface area contributed by atoms with Crippen molar-refractivity contribution in [3.8, 4) is 0 Å². The van der Waals surface area contributed by atoms with Gasteiger partial charge in [-0.25, -0.2) is 0 Å². The highest BCUT2D eigenvalue weighted by Gasteiger charge is 2.27. The van der Waals surface area contributed by atoms with Crippen molar-refractivity contribution in [2.45, 2.75) is 27.7 Å². The monoisotopic (exact) mass is 217 g/mol. The summed E-state index contributed by atoms with van der Waals surface area (Å²) in [5, 5.41) is 0. The van der Waals surface area contributed by atoms with Crippen molar-refractivity contribution < 1.29 is 14.3 Å². The molecule has 0 amide bonds. The maximum absolute atomic E-state index is 11.4. The average Bonchev–Trinajstić information content (AvgIpc) is 2.16. The molecule has 0 atom stereocenters. The normalized spacial score (nSPS) is 11.9. The molecule has 15 heavy (non-hydrogen) atoms. The molecule has 0 aromatic heterocycles. The highest BCUT2D eigenvalue weighted by Crippen LogP contribution is 2.14. The first-order valence-corrected chi connectivity index (χ1v) is 5.35. The Morgan fingerprint density at radius 2 is 1.93 bits per heavy atom. The lowest BCUT2D eigenvalue weighted by Gasteiger charge is -2.20. The van der Waals surface area contributed by atoms with E-state index in [1.54, 1.807) is 13.8 Å². The lowest BCUT2D eigenvalue weighted by Crippen LogP contribution is -2.34. The highest BCUT2D eigenvalue weighted by atomic mass is 16.6. The predicted molar refractivity (Wildman–Crippen MR) is 59.5 cm³/mol. The summed E-state index contributed by atoms with van der Waals surface area (Å²) >= 11 is 0. The zero-order valence-electron chi connectivity index (χ0n) is 10.2. The van der Waals surface area contributed by atoms with E-state index in [0.717, 1.165) is 0 Å². The molecule has 2 N–H and O–H groups in total. The average molecular weight is 217 g/mol. The second kappa shape index (κ2) is 6.80. The van der Waals surface area contributed by atoms with Crippen molar-refractivity contribution in [2.24, 2.45) is 17.1 Å². The van der Waals surface area contributed by atoms with Gasteiger partial charge in [-0.15, -0.1) is 0 Å². The third-order valence-electron chi connectivity index (χ3n) is 1.97. The van der Waals surface area contributed by atoms with Crippen molar-refractivity contribution in [2.75, 3.05) is 26.4 Å². The Balaban J connectivity index is 3.56. The van der Waals surface area contributed by atoms with Crippen LogP contribution in [0.3, 0.4) is 0 Å². The van der Waals surface area contributed by atoms with E-state index in [-0.39, 0.29) is 5.97 Å². The Morgan fingerprint density at radius 3 is 2.40 bits per heavy atom. The molecular weight excluding hydrogens is 194 g/mol. The van der Waals surface area contributed by atoms with Gasteiger partial charge in [-0.05, 0) is 19.8 Å². The van der Waals surface area contributed by atoms with Crippen LogP contribution in [0.5, 0.6) is 0 Å². The standard InChI is InChI=1S/C11H23NO3/c1-9(2)7-14-5-6-15-10(13)11(3,4)8-12/h9H,5-8,12H2,1-4H3. The van der Waals surface area contributed by atoms with Gasteiger partial charge in [0, 0.05) is 13.2 Å². The van der Waals surface area contributed by atoms with E-state index >= 15 is 0 Å². The molecule has 0 aromatic carbocycles. The molecule has 90 valence electrons. The summed E-state index contributed by atoms with van der Waals surface area (Å²) in [6, 6.07) is 0. The molecule has 0 heterocycles. The summed E-state index contributed by atoms with van der Waals surface area (Å²) in [5.74, 6) is 0.235. The molecule has 0 bridgehead atoms. The van der Waals surface area contributed by atoms with E-state index in [1.807, 2.05) is 0 Å². The Kier molecular flexibility index (Phi) is 6.52. The second-order valence-electron chi connectivity index (χ2n) is 4.69. The molecule has 0 spiro atoms. The van der Waals surface area contributed by atoms with E-state index < -0.39 is 5.41 Å². The van der Waals surface area contributed by atoms with Gasteiger partial charge in [-0.3, -0.25) is 4.79 Å². The Bertz CT molecular complexity index is 190. The molecule has 4 nitrogen and oxygen atoms in total. The van der Waals surface area contributed by atoms with Crippen molar-refractivity contribution in [3.63, 3.8) is 0 Å². The van der Waals surface area contributed by atoms with E-state index in [1.165, 1.54) is 0 Å². The molecule has 4 heteroatoms. The van der Waals surface area contributed by atoms with Gasteiger partial charge in [-0.1, -0.05) is 13.8 Å². The topological polar surface area (TPSA) is 61.5 Å². The molecule has 0 aliphatic rings. The van der Waals surface area contributed by atoms with Crippen LogP contribution in [0.4, 0.5) is 0 Å². The minimum atomic E-state index is -0.599. The largest absolute Gasteiger partial charge is 0.463 e. The van der Waals surface area contributed by atoms with Gasteiger partial charge < -0.3 is 15.2 Å². The van der Waals surface area contributed by atoms with Crippen LogP contribution in [0.25, 0.3) is 0 Å². The molecule has 0 aliphatic heterocycles. The summed E-state index contributed by atoms with van der Waals surface area (Å²) in [6.07, 6.45) is 0. The minimum absolute atomic E-state index is 0.266. The lowest BCUT2D eigenvalue weighted by atomic mass is 9.94. The second-order valence-corrected chi connectivity index (χ2v) is 4.69. The van der Waals surface area contributed by atoms with E-state index in [2.05, 4.69) is 13.8 Å². The quantitative estimate of drug-likeness (QED) is 0.514. The summed E-state index contributed by atoms with van der Waals surface area (Å²) in [7, 11) is 0. The number of carbonyl (C=O) groups excluding carboxylic acids is 1. The number of esters is 1. The molecule has 0 unspecified atom stereocenters. The highest BCUT2D eigenvalue weighted by molar-refractivity contribution is 5.76. The van der Waals surface area contributed by atoms with Gasteiger partial charge in [0.05, 0.1) is 12.0 Å². The van der Waals surface area contributed by atoms with E-state index in [9.17, 15) is 4.79 Å². The SMILES string of the molecule is CC(C)COCCOC(=O)C(C)(C)CN. The zero-order valence-corrected chi connectivity index (χ0v) is 10.2. The van der Waals surface area contributed by atoms with Crippen molar-refractivity contribution in [1.82, 2.24) is 0 Å². The lowest BCUT2D eigenvalue weighted by molar-refractivity contribution is -0.155. The fourth-order valence-electron chi connectivity index (χ4n) is 0.791. The van der Waals surface area contributed by atoms with E-state index in [0.29, 0.717) is 32.3 Å². The van der Waals surface area contributed by atoms with Crippen LogP contribution in [-0.2, 0) is 14.3 Å². The molecule has 0 rings (SSSR count). The number of hydrogen-bond acceptors (Lipinski definition) is 4.